The third-order valence-corrected chi connectivity index (χ3v) is 1.89. The van der Waals surface area contributed by atoms with Crippen LogP contribution < -0.4 is 0 Å². The van der Waals surface area contributed by atoms with Crippen LogP contribution in [0.3, 0.4) is 0 Å². The topological polar surface area (TPSA) is 37.3 Å². The largest absolute Gasteiger partial charge is 0.510 e. The number of hydrogen-bond donors (Lipinski definition) is 1. The lowest BCUT2D eigenvalue weighted by molar-refractivity contribution is -0.117. The van der Waals surface area contributed by atoms with Crippen molar-refractivity contribution in [3.63, 3.8) is 0 Å². The lowest BCUT2D eigenvalue weighted by Crippen LogP contribution is -2.10. The van der Waals surface area contributed by atoms with Crippen LogP contribution in [0, 0.1) is 11.8 Å². The summed E-state index contributed by atoms with van der Waals surface area (Å²) in [6.45, 7) is 7.06. The number of hydrogen-bond acceptors (Lipinski definition) is 2. The summed E-state index contributed by atoms with van der Waals surface area (Å²) in [6, 6.07) is 0. The first-order chi connectivity index (χ1) is 5.37. The number of carbonyl (C=O) groups is 1. The predicted molar refractivity (Wildman–Crippen MR) is 50.2 cm³/mol. The SMILES string of the molecule is CC(C)C(=O)/C(Cl)=C(\O)C(C)C. The van der Waals surface area contributed by atoms with E-state index in [4.69, 9.17) is 11.6 Å². The summed E-state index contributed by atoms with van der Waals surface area (Å²) < 4.78 is 0. The van der Waals surface area contributed by atoms with Crippen molar-refractivity contribution < 1.29 is 9.90 Å². The number of aliphatic hydroxyl groups excluding tert-OH is 1. The lowest BCUT2D eigenvalue weighted by Gasteiger charge is -2.08. The van der Waals surface area contributed by atoms with Crippen LogP contribution in [-0.2, 0) is 4.79 Å². The van der Waals surface area contributed by atoms with Gasteiger partial charge in [0.1, 0.15) is 10.8 Å². The third kappa shape index (κ3) is 2.86. The van der Waals surface area contributed by atoms with E-state index in [9.17, 15) is 9.90 Å². The average molecular weight is 191 g/mol. The molecule has 70 valence electrons. The fourth-order valence-corrected chi connectivity index (χ4v) is 1.07. The van der Waals surface area contributed by atoms with Crippen LogP contribution in [0.25, 0.3) is 0 Å². The minimum atomic E-state index is -0.206. The van der Waals surface area contributed by atoms with Gasteiger partial charge in [0.2, 0.25) is 0 Å². The molecule has 0 aromatic carbocycles. The molecule has 0 rings (SSSR count). The average Bonchev–Trinajstić information content (AvgIpc) is 2.00. The Bertz CT molecular complexity index is 205. The van der Waals surface area contributed by atoms with Crippen LogP contribution >= 0.6 is 11.6 Å². The van der Waals surface area contributed by atoms with Crippen LogP contribution in [0.15, 0.2) is 10.8 Å². The highest BCUT2D eigenvalue weighted by atomic mass is 35.5. The monoisotopic (exact) mass is 190 g/mol. The van der Waals surface area contributed by atoms with E-state index in [1.165, 1.54) is 0 Å². The number of ketones is 1. The smallest absolute Gasteiger partial charge is 0.180 e. The molecule has 0 saturated carbocycles. The Morgan fingerprint density at radius 3 is 1.83 bits per heavy atom. The summed E-state index contributed by atoms with van der Waals surface area (Å²) in [4.78, 5) is 11.2. The van der Waals surface area contributed by atoms with Crippen molar-refractivity contribution in [2.24, 2.45) is 11.8 Å². The molecule has 0 amide bonds. The fourth-order valence-electron chi connectivity index (χ4n) is 0.633. The molecule has 0 aliphatic heterocycles. The molecule has 0 heterocycles. The van der Waals surface area contributed by atoms with E-state index >= 15 is 0 Å². The molecular formula is C9H15ClO2. The zero-order chi connectivity index (χ0) is 9.89. The summed E-state index contributed by atoms with van der Waals surface area (Å²) in [7, 11) is 0. The highest BCUT2D eigenvalue weighted by Gasteiger charge is 2.17. The van der Waals surface area contributed by atoms with Gasteiger partial charge in [0.05, 0.1) is 0 Å². The van der Waals surface area contributed by atoms with Gasteiger partial charge < -0.3 is 5.11 Å². The minimum Gasteiger partial charge on any atom is -0.510 e. The van der Waals surface area contributed by atoms with Crippen molar-refractivity contribution >= 4 is 17.4 Å². The van der Waals surface area contributed by atoms with E-state index in [2.05, 4.69) is 0 Å². The zero-order valence-corrected chi connectivity index (χ0v) is 8.64. The normalized spacial score (nSPS) is 13.6. The van der Waals surface area contributed by atoms with E-state index in [1.807, 2.05) is 0 Å². The molecule has 0 aliphatic rings. The zero-order valence-electron chi connectivity index (χ0n) is 7.89. The number of carbonyl (C=O) groups excluding carboxylic acids is 1. The molecule has 0 aliphatic carbocycles. The number of rotatable bonds is 3. The molecule has 0 unspecified atom stereocenters. The highest BCUT2D eigenvalue weighted by Crippen LogP contribution is 2.19. The standard InChI is InChI=1S/C9H15ClO2/c1-5(2)8(11)7(10)9(12)6(3)4/h5-6,11H,1-4H3/b8-7+. The van der Waals surface area contributed by atoms with Gasteiger partial charge in [-0.05, 0) is 0 Å². The molecule has 0 saturated heterocycles. The molecule has 0 fully saturated rings. The van der Waals surface area contributed by atoms with Gasteiger partial charge in [-0.3, -0.25) is 4.79 Å². The van der Waals surface area contributed by atoms with E-state index in [-0.39, 0.29) is 28.4 Å². The van der Waals surface area contributed by atoms with Crippen molar-refractivity contribution in [1.82, 2.24) is 0 Å². The Labute approximate surface area is 78.2 Å². The van der Waals surface area contributed by atoms with Crippen LogP contribution in [0.4, 0.5) is 0 Å². The number of allylic oxidation sites excluding steroid dienone is 2. The Kier molecular flexibility index (Phi) is 4.32. The molecule has 0 atom stereocenters. The number of aliphatic hydroxyl groups is 1. The van der Waals surface area contributed by atoms with Gasteiger partial charge in [-0.2, -0.15) is 0 Å². The Morgan fingerprint density at radius 1 is 1.17 bits per heavy atom. The Morgan fingerprint density at radius 2 is 1.58 bits per heavy atom. The van der Waals surface area contributed by atoms with Crippen LogP contribution in [0.5, 0.6) is 0 Å². The van der Waals surface area contributed by atoms with Gasteiger partial charge in [0, 0.05) is 11.8 Å². The maximum absolute atomic E-state index is 11.2. The molecule has 2 nitrogen and oxygen atoms in total. The van der Waals surface area contributed by atoms with E-state index in [1.54, 1.807) is 27.7 Å². The van der Waals surface area contributed by atoms with Gasteiger partial charge in [0.15, 0.2) is 5.78 Å². The van der Waals surface area contributed by atoms with Crippen LogP contribution in [0.2, 0.25) is 0 Å². The summed E-state index contributed by atoms with van der Waals surface area (Å²) in [5.41, 5.74) is 0. The van der Waals surface area contributed by atoms with E-state index in [0.717, 1.165) is 0 Å². The molecule has 0 aromatic heterocycles. The second-order valence-corrected chi connectivity index (χ2v) is 3.75. The third-order valence-electron chi connectivity index (χ3n) is 1.51. The van der Waals surface area contributed by atoms with Gasteiger partial charge in [-0.1, -0.05) is 39.3 Å². The van der Waals surface area contributed by atoms with Crippen molar-refractivity contribution in [3.8, 4) is 0 Å². The van der Waals surface area contributed by atoms with Crippen molar-refractivity contribution in [2.45, 2.75) is 27.7 Å². The van der Waals surface area contributed by atoms with Crippen molar-refractivity contribution in [3.05, 3.63) is 10.8 Å². The van der Waals surface area contributed by atoms with Crippen molar-refractivity contribution in [2.75, 3.05) is 0 Å². The van der Waals surface area contributed by atoms with Crippen LogP contribution in [0.1, 0.15) is 27.7 Å². The Balaban J connectivity index is 4.67. The summed E-state index contributed by atoms with van der Waals surface area (Å²) in [5, 5.41) is 9.31. The van der Waals surface area contributed by atoms with Crippen molar-refractivity contribution in [1.29, 1.82) is 0 Å². The first kappa shape index (κ1) is 11.5. The van der Waals surface area contributed by atoms with Crippen LogP contribution in [-0.4, -0.2) is 10.9 Å². The maximum Gasteiger partial charge on any atom is 0.180 e. The highest BCUT2D eigenvalue weighted by molar-refractivity contribution is 6.43. The Hall–Kier alpha value is -0.500. The summed E-state index contributed by atoms with van der Waals surface area (Å²) >= 11 is 5.65. The summed E-state index contributed by atoms with van der Waals surface area (Å²) in [5.74, 6) is -0.489. The second-order valence-electron chi connectivity index (χ2n) is 3.37. The maximum atomic E-state index is 11.2. The molecule has 0 aromatic rings. The summed E-state index contributed by atoms with van der Waals surface area (Å²) in [6.07, 6.45) is 0. The van der Waals surface area contributed by atoms with Gasteiger partial charge >= 0.3 is 0 Å². The molecule has 12 heavy (non-hydrogen) atoms. The van der Waals surface area contributed by atoms with Gasteiger partial charge in [-0.15, -0.1) is 0 Å². The number of halogens is 1. The van der Waals surface area contributed by atoms with Gasteiger partial charge in [-0.25, -0.2) is 0 Å². The van der Waals surface area contributed by atoms with E-state index in [0.29, 0.717) is 0 Å². The molecule has 0 bridgehead atoms. The first-order valence-corrected chi connectivity index (χ1v) is 4.38. The van der Waals surface area contributed by atoms with E-state index < -0.39 is 0 Å². The number of Topliss-reactive ketones (excluding diaryl/α,β-unsaturated/α-hetero) is 1. The quantitative estimate of drug-likeness (QED) is 0.549. The molecule has 0 radical (unpaired) electrons. The van der Waals surface area contributed by atoms with Gasteiger partial charge in [0.25, 0.3) is 0 Å². The molecule has 1 N–H and O–H groups in total. The molecular weight excluding hydrogens is 176 g/mol. The first-order valence-electron chi connectivity index (χ1n) is 4.00. The minimum absolute atomic E-state index is 0.0182. The predicted octanol–water partition coefficient (Wildman–Crippen LogP) is 2.88. The molecule has 3 heteroatoms. The lowest BCUT2D eigenvalue weighted by atomic mass is 10.1. The fraction of sp³-hybridized carbons (Fsp3) is 0.667. The molecule has 0 spiro atoms. The second kappa shape index (κ2) is 4.51.